The van der Waals surface area contributed by atoms with Crippen molar-refractivity contribution < 1.29 is 14.3 Å². The number of carbonyl (C=O) groups excluding carboxylic acids is 1. The van der Waals surface area contributed by atoms with Crippen LogP contribution >= 0.6 is 0 Å². The summed E-state index contributed by atoms with van der Waals surface area (Å²) in [6.45, 7) is 5.08. The van der Waals surface area contributed by atoms with Gasteiger partial charge in [0.1, 0.15) is 12.2 Å². The first-order valence-corrected chi connectivity index (χ1v) is 10.5. The summed E-state index contributed by atoms with van der Waals surface area (Å²) < 4.78 is 11.9. The van der Waals surface area contributed by atoms with E-state index in [1.165, 1.54) is 12.8 Å². The Kier molecular flexibility index (Phi) is 5.92. The van der Waals surface area contributed by atoms with Crippen LogP contribution in [0, 0.1) is 13.8 Å². The van der Waals surface area contributed by atoms with Crippen LogP contribution in [0.1, 0.15) is 60.3 Å². The molecule has 3 heterocycles. The first-order valence-electron chi connectivity index (χ1n) is 10.5. The molecule has 1 amide bonds. The lowest BCUT2D eigenvalue weighted by molar-refractivity contribution is 0.0514. The first-order chi connectivity index (χ1) is 14.1. The number of amides is 1. The number of aryl methyl sites for hydroxylation is 2. The molecule has 2 aliphatic rings. The van der Waals surface area contributed by atoms with Gasteiger partial charge in [-0.3, -0.25) is 4.79 Å². The number of nitrogens with zero attached hydrogens (tertiary/aromatic N) is 4. The fourth-order valence-corrected chi connectivity index (χ4v) is 4.05. The van der Waals surface area contributed by atoms with Crippen LogP contribution in [-0.2, 0) is 0 Å². The molecule has 7 nitrogen and oxygen atoms in total. The second kappa shape index (κ2) is 8.76. The van der Waals surface area contributed by atoms with E-state index < -0.39 is 0 Å². The van der Waals surface area contributed by atoms with E-state index in [-0.39, 0.29) is 18.1 Å². The number of carbonyl (C=O) groups is 1. The average Bonchev–Trinajstić information content (AvgIpc) is 3.20. The molecule has 0 radical (unpaired) electrons. The van der Waals surface area contributed by atoms with E-state index in [1.807, 2.05) is 24.8 Å². The Bertz CT molecular complexity index is 829. The highest BCUT2D eigenvalue weighted by molar-refractivity contribution is 5.94. The lowest BCUT2D eigenvalue weighted by Crippen LogP contribution is -2.44. The van der Waals surface area contributed by atoms with Gasteiger partial charge in [-0.05, 0) is 64.5 Å². The fourth-order valence-electron chi connectivity index (χ4n) is 4.05. The molecule has 29 heavy (non-hydrogen) atoms. The minimum absolute atomic E-state index is 0.0282. The Morgan fingerprint density at radius 3 is 2.41 bits per heavy atom. The summed E-state index contributed by atoms with van der Waals surface area (Å²) in [4.78, 5) is 27.8. The SMILES string of the molecule is Cc1cc(C)nc(OC2CCCN(C(=O)c3ccc(OC4CCCC4)nc3)C2)n1. The van der Waals surface area contributed by atoms with Crippen LogP contribution in [0.25, 0.3) is 0 Å². The number of hydrogen-bond donors (Lipinski definition) is 0. The number of rotatable bonds is 5. The van der Waals surface area contributed by atoms with Gasteiger partial charge in [0.05, 0.1) is 12.1 Å². The highest BCUT2D eigenvalue weighted by atomic mass is 16.5. The summed E-state index contributed by atoms with van der Waals surface area (Å²) in [7, 11) is 0. The minimum atomic E-state index is -0.105. The van der Waals surface area contributed by atoms with Gasteiger partial charge < -0.3 is 14.4 Å². The molecule has 0 N–H and O–H groups in total. The van der Waals surface area contributed by atoms with Crippen molar-refractivity contribution in [1.29, 1.82) is 0 Å². The fraction of sp³-hybridized carbons (Fsp3) is 0.545. The Morgan fingerprint density at radius 2 is 1.72 bits per heavy atom. The number of piperidine rings is 1. The van der Waals surface area contributed by atoms with Gasteiger partial charge in [0, 0.05) is 30.2 Å². The van der Waals surface area contributed by atoms with E-state index in [0.29, 0.717) is 30.5 Å². The van der Waals surface area contributed by atoms with Crippen molar-refractivity contribution in [3.05, 3.63) is 41.3 Å². The Morgan fingerprint density at radius 1 is 1.00 bits per heavy atom. The van der Waals surface area contributed by atoms with E-state index in [1.54, 1.807) is 18.3 Å². The van der Waals surface area contributed by atoms with Crippen LogP contribution in [0.4, 0.5) is 0 Å². The molecular weight excluding hydrogens is 368 g/mol. The highest BCUT2D eigenvalue weighted by Gasteiger charge is 2.27. The molecule has 0 spiro atoms. The standard InChI is InChI=1S/C22H28N4O3/c1-15-12-16(2)25-22(24-15)29-19-8-5-11-26(14-19)21(27)17-9-10-20(23-13-17)28-18-6-3-4-7-18/h9-10,12-13,18-19H,3-8,11,14H2,1-2H3. The van der Waals surface area contributed by atoms with E-state index in [0.717, 1.165) is 37.1 Å². The lowest BCUT2D eigenvalue weighted by atomic mass is 10.1. The van der Waals surface area contributed by atoms with E-state index >= 15 is 0 Å². The Labute approximate surface area is 171 Å². The van der Waals surface area contributed by atoms with Crippen LogP contribution in [0.15, 0.2) is 24.4 Å². The summed E-state index contributed by atoms with van der Waals surface area (Å²) in [5.41, 5.74) is 2.33. The van der Waals surface area contributed by atoms with E-state index in [2.05, 4.69) is 15.0 Å². The van der Waals surface area contributed by atoms with Gasteiger partial charge in [0.15, 0.2) is 0 Å². The molecule has 2 fully saturated rings. The maximum Gasteiger partial charge on any atom is 0.317 e. The van der Waals surface area contributed by atoms with Crippen LogP contribution < -0.4 is 9.47 Å². The maximum atomic E-state index is 12.9. The molecule has 7 heteroatoms. The molecule has 4 rings (SSSR count). The van der Waals surface area contributed by atoms with E-state index in [4.69, 9.17) is 9.47 Å². The van der Waals surface area contributed by atoms with Gasteiger partial charge in [0.2, 0.25) is 5.88 Å². The van der Waals surface area contributed by atoms with Crippen molar-refractivity contribution in [2.45, 2.75) is 64.6 Å². The predicted molar refractivity (Wildman–Crippen MR) is 108 cm³/mol. The molecule has 1 unspecified atom stereocenters. The van der Waals surface area contributed by atoms with Gasteiger partial charge in [-0.2, -0.15) is 0 Å². The normalized spacial score (nSPS) is 19.9. The third-order valence-corrected chi connectivity index (χ3v) is 5.47. The second-order valence-corrected chi connectivity index (χ2v) is 7.98. The quantitative estimate of drug-likeness (QED) is 0.770. The highest BCUT2D eigenvalue weighted by Crippen LogP contribution is 2.23. The topological polar surface area (TPSA) is 77.4 Å². The third-order valence-electron chi connectivity index (χ3n) is 5.47. The molecular formula is C22H28N4O3. The van der Waals surface area contributed by atoms with Crippen LogP contribution in [0.5, 0.6) is 11.9 Å². The molecule has 1 atom stereocenters. The van der Waals surface area contributed by atoms with Crippen molar-refractivity contribution in [3.8, 4) is 11.9 Å². The third kappa shape index (κ3) is 5.02. The zero-order valence-electron chi connectivity index (χ0n) is 17.1. The molecule has 1 saturated heterocycles. The van der Waals surface area contributed by atoms with Gasteiger partial charge in [-0.1, -0.05) is 0 Å². The summed E-state index contributed by atoms with van der Waals surface area (Å²) in [6.07, 6.45) is 8.14. The molecule has 2 aromatic heterocycles. The van der Waals surface area contributed by atoms with Crippen LogP contribution in [-0.4, -0.2) is 51.1 Å². The summed E-state index contributed by atoms with van der Waals surface area (Å²) in [5, 5.41) is 0. The lowest BCUT2D eigenvalue weighted by Gasteiger charge is -2.32. The predicted octanol–water partition coefficient (Wildman–Crippen LogP) is 3.49. The molecule has 1 saturated carbocycles. The van der Waals surface area contributed by atoms with Crippen LogP contribution in [0.2, 0.25) is 0 Å². The largest absolute Gasteiger partial charge is 0.474 e. The summed E-state index contributed by atoms with van der Waals surface area (Å²) >= 11 is 0. The van der Waals surface area contributed by atoms with Crippen molar-refractivity contribution in [1.82, 2.24) is 19.9 Å². The van der Waals surface area contributed by atoms with Gasteiger partial charge >= 0.3 is 6.01 Å². The molecule has 1 aliphatic carbocycles. The minimum Gasteiger partial charge on any atom is -0.474 e. The zero-order chi connectivity index (χ0) is 20.2. The summed E-state index contributed by atoms with van der Waals surface area (Å²) in [6, 6.07) is 5.90. The monoisotopic (exact) mass is 396 g/mol. The van der Waals surface area contributed by atoms with E-state index in [9.17, 15) is 4.79 Å². The molecule has 154 valence electrons. The smallest absolute Gasteiger partial charge is 0.317 e. The van der Waals surface area contributed by atoms with Gasteiger partial charge in [-0.25, -0.2) is 15.0 Å². The molecule has 2 aromatic rings. The Hall–Kier alpha value is -2.70. The molecule has 0 bridgehead atoms. The number of hydrogen-bond acceptors (Lipinski definition) is 6. The number of aromatic nitrogens is 3. The van der Waals surface area contributed by atoms with Gasteiger partial charge in [-0.15, -0.1) is 0 Å². The second-order valence-electron chi connectivity index (χ2n) is 7.98. The van der Waals surface area contributed by atoms with Gasteiger partial charge in [0.25, 0.3) is 5.91 Å². The number of ether oxygens (including phenoxy) is 2. The summed E-state index contributed by atoms with van der Waals surface area (Å²) in [5.74, 6) is 0.569. The van der Waals surface area contributed by atoms with Crippen molar-refractivity contribution >= 4 is 5.91 Å². The number of likely N-dealkylation sites (tertiary alicyclic amines) is 1. The number of pyridine rings is 1. The van der Waals surface area contributed by atoms with Crippen molar-refractivity contribution in [2.75, 3.05) is 13.1 Å². The average molecular weight is 396 g/mol. The first kappa shape index (κ1) is 19.6. The Balaban J connectivity index is 1.36. The molecule has 0 aromatic carbocycles. The maximum absolute atomic E-state index is 12.9. The zero-order valence-corrected chi connectivity index (χ0v) is 17.1. The van der Waals surface area contributed by atoms with Crippen molar-refractivity contribution in [2.24, 2.45) is 0 Å². The van der Waals surface area contributed by atoms with Crippen molar-refractivity contribution in [3.63, 3.8) is 0 Å². The molecule has 1 aliphatic heterocycles. The van der Waals surface area contributed by atoms with Crippen LogP contribution in [0.3, 0.4) is 0 Å².